The van der Waals surface area contributed by atoms with E-state index in [1.165, 1.54) is 0 Å². The van der Waals surface area contributed by atoms with Gasteiger partial charge in [0.15, 0.2) is 5.15 Å². The molecule has 1 aromatic rings. The SMILES string of the molecule is CC(C)(C)n1nc(Cl)c(Br)c1I. The van der Waals surface area contributed by atoms with E-state index in [0.29, 0.717) is 5.15 Å². The zero-order valence-electron chi connectivity index (χ0n) is 7.03. The van der Waals surface area contributed by atoms with E-state index < -0.39 is 0 Å². The number of nitrogens with zero attached hydrogens (tertiary/aromatic N) is 2. The summed E-state index contributed by atoms with van der Waals surface area (Å²) in [7, 11) is 0. The van der Waals surface area contributed by atoms with Crippen molar-refractivity contribution >= 4 is 50.1 Å². The van der Waals surface area contributed by atoms with Crippen LogP contribution in [0.25, 0.3) is 0 Å². The van der Waals surface area contributed by atoms with Crippen LogP contribution in [0, 0.1) is 3.70 Å². The zero-order chi connectivity index (χ0) is 9.52. The monoisotopic (exact) mass is 362 g/mol. The van der Waals surface area contributed by atoms with Crippen molar-refractivity contribution in [2.45, 2.75) is 26.3 Å². The van der Waals surface area contributed by atoms with Gasteiger partial charge in [-0.05, 0) is 59.3 Å². The van der Waals surface area contributed by atoms with Gasteiger partial charge in [-0.2, -0.15) is 5.10 Å². The summed E-state index contributed by atoms with van der Waals surface area (Å²) in [5, 5.41) is 4.73. The van der Waals surface area contributed by atoms with E-state index in [4.69, 9.17) is 11.6 Å². The Hall–Kier alpha value is 0.710. The highest BCUT2D eigenvalue weighted by molar-refractivity contribution is 14.1. The van der Waals surface area contributed by atoms with Gasteiger partial charge in [-0.1, -0.05) is 11.6 Å². The maximum absolute atomic E-state index is 5.86. The van der Waals surface area contributed by atoms with Crippen molar-refractivity contribution in [3.63, 3.8) is 0 Å². The molecule has 0 aromatic carbocycles. The zero-order valence-corrected chi connectivity index (χ0v) is 11.5. The van der Waals surface area contributed by atoms with Crippen LogP contribution in [0.1, 0.15) is 20.8 Å². The first-order valence-electron chi connectivity index (χ1n) is 3.44. The van der Waals surface area contributed by atoms with E-state index >= 15 is 0 Å². The van der Waals surface area contributed by atoms with Gasteiger partial charge in [-0.25, -0.2) is 0 Å². The Bertz CT molecular complexity index is 303. The molecule has 0 bridgehead atoms. The highest BCUT2D eigenvalue weighted by atomic mass is 127. The molecule has 12 heavy (non-hydrogen) atoms. The van der Waals surface area contributed by atoms with E-state index in [0.717, 1.165) is 8.17 Å². The van der Waals surface area contributed by atoms with Crippen LogP contribution in [-0.2, 0) is 5.54 Å². The van der Waals surface area contributed by atoms with E-state index in [9.17, 15) is 0 Å². The van der Waals surface area contributed by atoms with Crippen molar-refractivity contribution in [1.82, 2.24) is 9.78 Å². The third-order valence-electron chi connectivity index (χ3n) is 1.37. The summed E-state index contributed by atoms with van der Waals surface area (Å²) in [6, 6.07) is 0. The second kappa shape index (κ2) is 3.46. The minimum atomic E-state index is -0.0216. The summed E-state index contributed by atoms with van der Waals surface area (Å²) in [5.41, 5.74) is -0.0216. The molecular formula is C7H9BrClIN2. The highest BCUT2D eigenvalue weighted by Gasteiger charge is 2.21. The average molecular weight is 363 g/mol. The average Bonchev–Trinajstić information content (AvgIpc) is 2.15. The van der Waals surface area contributed by atoms with Crippen LogP contribution in [0.2, 0.25) is 5.15 Å². The quantitative estimate of drug-likeness (QED) is 0.644. The van der Waals surface area contributed by atoms with Crippen LogP contribution >= 0.6 is 50.1 Å². The molecule has 1 aromatic heterocycles. The molecule has 0 aliphatic heterocycles. The lowest BCUT2D eigenvalue weighted by molar-refractivity contribution is 0.347. The van der Waals surface area contributed by atoms with Crippen molar-refractivity contribution < 1.29 is 0 Å². The number of hydrogen-bond donors (Lipinski definition) is 0. The van der Waals surface area contributed by atoms with E-state index in [2.05, 4.69) is 64.4 Å². The molecule has 1 heterocycles. The number of hydrogen-bond acceptors (Lipinski definition) is 1. The van der Waals surface area contributed by atoms with Crippen LogP contribution in [0.3, 0.4) is 0 Å². The summed E-state index contributed by atoms with van der Waals surface area (Å²) < 4.78 is 3.81. The minimum Gasteiger partial charge on any atom is -0.251 e. The molecule has 0 spiro atoms. The van der Waals surface area contributed by atoms with Crippen molar-refractivity contribution in [2.24, 2.45) is 0 Å². The molecule has 1 rings (SSSR count). The van der Waals surface area contributed by atoms with Gasteiger partial charge >= 0.3 is 0 Å². The summed E-state index contributed by atoms with van der Waals surface area (Å²) in [6.07, 6.45) is 0. The molecule has 0 unspecified atom stereocenters. The van der Waals surface area contributed by atoms with E-state index in [1.54, 1.807) is 0 Å². The maximum atomic E-state index is 5.86. The van der Waals surface area contributed by atoms with Crippen LogP contribution in [0.4, 0.5) is 0 Å². The molecule has 0 saturated carbocycles. The third kappa shape index (κ3) is 1.96. The molecule has 0 fully saturated rings. The van der Waals surface area contributed by atoms with E-state index in [-0.39, 0.29) is 5.54 Å². The molecule has 0 radical (unpaired) electrons. The second-order valence-electron chi connectivity index (χ2n) is 3.48. The van der Waals surface area contributed by atoms with Crippen molar-refractivity contribution in [1.29, 1.82) is 0 Å². The fourth-order valence-electron chi connectivity index (χ4n) is 0.798. The van der Waals surface area contributed by atoms with Gasteiger partial charge in [0, 0.05) is 0 Å². The van der Waals surface area contributed by atoms with Gasteiger partial charge in [0.25, 0.3) is 0 Å². The molecule has 68 valence electrons. The largest absolute Gasteiger partial charge is 0.251 e. The Balaban J connectivity index is 3.28. The maximum Gasteiger partial charge on any atom is 0.166 e. The normalized spacial score (nSPS) is 12.2. The molecule has 0 N–H and O–H groups in total. The molecule has 0 aliphatic carbocycles. The Morgan fingerprint density at radius 3 is 2.17 bits per heavy atom. The number of rotatable bonds is 0. The summed E-state index contributed by atoms with van der Waals surface area (Å²) in [6.45, 7) is 6.26. The van der Waals surface area contributed by atoms with Gasteiger partial charge in [0.05, 0.1) is 10.0 Å². The Morgan fingerprint density at radius 2 is 2.00 bits per heavy atom. The second-order valence-corrected chi connectivity index (χ2v) is 5.65. The summed E-state index contributed by atoms with van der Waals surface area (Å²) in [4.78, 5) is 0. The molecule has 0 amide bonds. The first-order valence-corrected chi connectivity index (χ1v) is 5.69. The molecule has 5 heteroatoms. The predicted octanol–water partition coefficient (Wildman–Crippen LogP) is 3.66. The van der Waals surface area contributed by atoms with Gasteiger partial charge in [0.2, 0.25) is 0 Å². The molecule has 0 aliphatic rings. The Labute approximate surface area is 98.9 Å². The lowest BCUT2D eigenvalue weighted by Gasteiger charge is -2.20. The van der Waals surface area contributed by atoms with Crippen LogP contribution in [0.15, 0.2) is 4.47 Å². The Morgan fingerprint density at radius 1 is 1.50 bits per heavy atom. The van der Waals surface area contributed by atoms with Crippen LogP contribution in [-0.4, -0.2) is 9.78 Å². The minimum absolute atomic E-state index is 0.0216. The molecule has 0 saturated heterocycles. The van der Waals surface area contributed by atoms with Crippen molar-refractivity contribution in [2.75, 3.05) is 0 Å². The number of aromatic nitrogens is 2. The van der Waals surface area contributed by atoms with Crippen LogP contribution < -0.4 is 0 Å². The molecule has 0 atom stereocenters. The highest BCUT2D eigenvalue weighted by Crippen LogP contribution is 2.30. The van der Waals surface area contributed by atoms with Crippen molar-refractivity contribution in [3.8, 4) is 0 Å². The van der Waals surface area contributed by atoms with Gasteiger partial charge in [0.1, 0.15) is 3.70 Å². The Kier molecular flexibility index (Phi) is 3.11. The molecule has 2 nitrogen and oxygen atoms in total. The lowest BCUT2D eigenvalue weighted by atomic mass is 10.1. The van der Waals surface area contributed by atoms with Gasteiger partial charge in [-0.15, -0.1) is 0 Å². The first kappa shape index (κ1) is 10.8. The van der Waals surface area contributed by atoms with Crippen molar-refractivity contribution in [3.05, 3.63) is 13.3 Å². The fraction of sp³-hybridized carbons (Fsp3) is 0.571. The smallest absolute Gasteiger partial charge is 0.166 e. The van der Waals surface area contributed by atoms with Gasteiger partial charge in [-0.3, -0.25) is 4.68 Å². The van der Waals surface area contributed by atoms with E-state index in [1.807, 2.05) is 4.68 Å². The van der Waals surface area contributed by atoms with Crippen LogP contribution in [0.5, 0.6) is 0 Å². The predicted molar refractivity (Wildman–Crippen MR) is 62.7 cm³/mol. The molecular weight excluding hydrogens is 354 g/mol. The standard InChI is InChI=1S/C7H9BrClIN2/c1-7(2,3)12-6(10)4(8)5(9)11-12/h1-3H3. The lowest BCUT2D eigenvalue weighted by Crippen LogP contribution is -2.24. The summed E-state index contributed by atoms with van der Waals surface area (Å²) >= 11 is 11.4. The first-order chi connectivity index (χ1) is 5.34. The third-order valence-corrected chi connectivity index (χ3v) is 4.35. The topological polar surface area (TPSA) is 17.8 Å². The summed E-state index contributed by atoms with van der Waals surface area (Å²) in [5.74, 6) is 0. The number of halogens is 3. The fourth-order valence-corrected chi connectivity index (χ4v) is 2.46. The van der Waals surface area contributed by atoms with Gasteiger partial charge < -0.3 is 0 Å².